The van der Waals surface area contributed by atoms with Crippen LogP contribution >= 0.6 is 23.2 Å². The smallest absolute Gasteiger partial charge is 0.161 e. The molecule has 3 saturated heterocycles. The van der Waals surface area contributed by atoms with Gasteiger partial charge >= 0.3 is 0 Å². The molecule has 1 unspecified atom stereocenters. The first-order valence-corrected chi connectivity index (χ1v) is 10.6. The molecule has 150 valence electrons. The van der Waals surface area contributed by atoms with E-state index in [1.54, 1.807) is 13.2 Å². The third-order valence-corrected chi connectivity index (χ3v) is 6.57. The summed E-state index contributed by atoms with van der Waals surface area (Å²) in [6.07, 6.45) is 2.64. The van der Waals surface area contributed by atoms with E-state index in [9.17, 15) is 0 Å². The van der Waals surface area contributed by atoms with Gasteiger partial charge in [-0.3, -0.25) is 0 Å². The van der Waals surface area contributed by atoms with Crippen molar-refractivity contribution in [1.29, 1.82) is 0 Å². The van der Waals surface area contributed by atoms with Crippen LogP contribution in [0.4, 0.5) is 0 Å². The standard InChI is InChI=1S/C22H26Cl2N2O2/c1-27-22-11-15(12-25-20-13-26-8-6-17(20)7-9-26)3-5-21(22)28-14-16-2-4-18(23)19(24)10-16/h2-5,10-11,17,20,25H,6-9,12-14H2,1H3. The maximum atomic E-state index is 6.07. The summed E-state index contributed by atoms with van der Waals surface area (Å²) in [6, 6.07) is 12.2. The van der Waals surface area contributed by atoms with E-state index in [0.717, 1.165) is 29.5 Å². The summed E-state index contributed by atoms with van der Waals surface area (Å²) in [4.78, 5) is 2.57. The lowest BCUT2D eigenvalue weighted by molar-refractivity contribution is 0.0720. The number of hydrogen-bond donors (Lipinski definition) is 1. The molecule has 0 radical (unpaired) electrons. The molecular formula is C22H26Cl2N2O2. The highest BCUT2D eigenvalue weighted by atomic mass is 35.5. The molecule has 6 heteroatoms. The third-order valence-electron chi connectivity index (χ3n) is 5.83. The van der Waals surface area contributed by atoms with Crippen LogP contribution in [0, 0.1) is 5.92 Å². The number of nitrogens with zero attached hydrogens (tertiary/aromatic N) is 1. The van der Waals surface area contributed by atoms with E-state index in [0.29, 0.717) is 22.7 Å². The summed E-state index contributed by atoms with van der Waals surface area (Å²) in [6.45, 7) is 4.96. The van der Waals surface area contributed by atoms with Gasteiger partial charge in [0.05, 0.1) is 17.2 Å². The highest BCUT2D eigenvalue weighted by Crippen LogP contribution is 2.31. The van der Waals surface area contributed by atoms with Crippen molar-refractivity contribution in [2.24, 2.45) is 5.92 Å². The Kier molecular flexibility index (Phi) is 6.32. The number of halogens is 2. The van der Waals surface area contributed by atoms with Crippen LogP contribution in [0.3, 0.4) is 0 Å². The van der Waals surface area contributed by atoms with E-state index in [-0.39, 0.29) is 0 Å². The van der Waals surface area contributed by atoms with Crippen LogP contribution in [0.1, 0.15) is 24.0 Å². The lowest BCUT2D eigenvalue weighted by atomic mass is 9.84. The van der Waals surface area contributed by atoms with E-state index in [1.165, 1.54) is 38.0 Å². The predicted molar refractivity (Wildman–Crippen MR) is 114 cm³/mol. The molecule has 3 aliphatic rings. The normalized spacial score (nSPS) is 23.6. The molecule has 0 spiro atoms. The highest BCUT2D eigenvalue weighted by molar-refractivity contribution is 6.42. The van der Waals surface area contributed by atoms with Crippen molar-refractivity contribution in [1.82, 2.24) is 10.2 Å². The zero-order valence-electron chi connectivity index (χ0n) is 16.1. The fourth-order valence-electron chi connectivity index (χ4n) is 4.18. The largest absolute Gasteiger partial charge is 0.493 e. The Morgan fingerprint density at radius 3 is 2.46 bits per heavy atom. The molecule has 0 saturated carbocycles. The van der Waals surface area contributed by atoms with Crippen molar-refractivity contribution in [2.75, 3.05) is 26.7 Å². The van der Waals surface area contributed by atoms with Crippen molar-refractivity contribution in [3.05, 3.63) is 57.6 Å². The summed E-state index contributed by atoms with van der Waals surface area (Å²) < 4.78 is 11.5. The average Bonchev–Trinajstić information content (AvgIpc) is 2.74. The van der Waals surface area contributed by atoms with Crippen molar-refractivity contribution < 1.29 is 9.47 Å². The number of nitrogens with one attached hydrogen (secondary N) is 1. The van der Waals surface area contributed by atoms with Crippen LogP contribution in [0.25, 0.3) is 0 Å². The van der Waals surface area contributed by atoms with Gasteiger partial charge in [-0.05, 0) is 67.2 Å². The zero-order chi connectivity index (χ0) is 19.5. The average molecular weight is 421 g/mol. The van der Waals surface area contributed by atoms with Gasteiger partial charge in [0.15, 0.2) is 11.5 Å². The molecule has 0 amide bonds. The Hall–Kier alpha value is -1.46. The van der Waals surface area contributed by atoms with Crippen molar-refractivity contribution >= 4 is 23.2 Å². The number of hydrogen-bond acceptors (Lipinski definition) is 4. The summed E-state index contributed by atoms with van der Waals surface area (Å²) in [5, 5.41) is 4.82. The first-order valence-electron chi connectivity index (χ1n) is 9.82. The SMILES string of the molecule is COc1cc(CNC2CN3CCC2CC3)ccc1OCc1ccc(Cl)c(Cl)c1. The predicted octanol–water partition coefficient (Wildman–Crippen LogP) is 4.76. The van der Waals surface area contributed by atoms with Gasteiger partial charge in [-0.1, -0.05) is 35.3 Å². The summed E-state index contributed by atoms with van der Waals surface area (Å²) >= 11 is 12.0. The molecule has 1 atom stereocenters. The second kappa shape index (κ2) is 8.91. The monoisotopic (exact) mass is 420 g/mol. The molecule has 0 aromatic heterocycles. The van der Waals surface area contributed by atoms with E-state index in [2.05, 4.69) is 22.3 Å². The molecule has 5 rings (SSSR count). The topological polar surface area (TPSA) is 33.7 Å². The molecular weight excluding hydrogens is 395 g/mol. The van der Waals surface area contributed by atoms with Crippen LogP contribution in [-0.4, -0.2) is 37.7 Å². The maximum absolute atomic E-state index is 6.07. The molecule has 4 nitrogen and oxygen atoms in total. The van der Waals surface area contributed by atoms with Crippen LogP contribution in [0.2, 0.25) is 10.0 Å². The van der Waals surface area contributed by atoms with Gasteiger partial charge in [0.25, 0.3) is 0 Å². The Morgan fingerprint density at radius 1 is 1.00 bits per heavy atom. The maximum Gasteiger partial charge on any atom is 0.161 e. The second-order valence-electron chi connectivity index (χ2n) is 7.65. The summed E-state index contributed by atoms with van der Waals surface area (Å²) in [5.41, 5.74) is 2.17. The minimum atomic E-state index is 0.407. The van der Waals surface area contributed by atoms with Crippen molar-refractivity contribution in [2.45, 2.75) is 32.0 Å². The number of piperidine rings is 3. The molecule has 2 aromatic carbocycles. The molecule has 0 aliphatic carbocycles. The number of methoxy groups -OCH3 is 1. The van der Waals surface area contributed by atoms with Gasteiger partial charge in [-0.15, -0.1) is 0 Å². The van der Waals surface area contributed by atoms with Gasteiger partial charge in [-0.25, -0.2) is 0 Å². The lowest BCUT2D eigenvalue weighted by Crippen LogP contribution is -2.55. The van der Waals surface area contributed by atoms with Gasteiger partial charge < -0.3 is 19.7 Å². The molecule has 3 aliphatic heterocycles. The first kappa shape index (κ1) is 19.8. The van der Waals surface area contributed by atoms with Crippen LogP contribution in [0.5, 0.6) is 11.5 Å². The molecule has 1 N–H and O–H groups in total. The number of ether oxygens (including phenoxy) is 2. The minimum absolute atomic E-state index is 0.407. The Labute approximate surface area is 176 Å². The van der Waals surface area contributed by atoms with E-state index >= 15 is 0 Å². The second-order valence-corrected chi connectivity index (χ2v) is 8.46. The van der Waals surface area contributed by atoms with Crippen LogP contribution in [-0.2, 0) is 13.2 Å². The van der Waals surface area contributed by atoms with Gasteiger partial charge in [0.2, 0.25) is 0 Å². The molecule has 28 heavy (non-hydrogen) atoms. The zero-order valence-corrected chi connectivity index (χ0v) is 17.6. The van der Waals surface area contributed by atoms with Crippen molar-refractivity contribution in [3.8, 4) is 11.5 Å². The van der Waals surface area contributed by atoms with E-state index < -0.39 is 0 Å². The quantitative estimate of drug-likeness (QED) is 0.699. The molecule has 2 aromatic rings. The molecule has 3 fully saturated rings. The van der Waals surface area contributed by atoms with Crippen molar-refractivity contribution in [3.63, 3.8) is 0 Å². The van der Waals surface area contributed by atoms with E-state index in [1.807, 2.05) is 18.2 Å². The van der Waals surface area contributed by atoms with Crippen LogP contribution < -0.4 is 14.8 Å². The Morgan fingerprint density at radius 2 is 1.79 bits per heavy atom. The summed E-state index contributed by atoms with van der Waals surface area (Å²) in [5.74, 6) is 2.29. The third kappa shape index (κ3) is 4.57. The number of benzene rings is 2. The fraction of sp³-hybridized carbons (Fsp3) is 0.455. The van der Waals surface area contributed by atoms with E-state index in [4.69, 9.17) is 32.7 Å². The highest BCUT2D eigenvalue weighted by Gasteiger charge is 2.33. The first-order chi connectivity index (χ1) is 13.6. The van der Waals surface area contributed by atoms with Gasteiger partial charge in [-0.2, -0.15) is 0 Å². The Balaban J connectivity index is 1.36. The number of rotatable bonds is 7. The number of fused-ring (bicyclic) bond motifs is 3. The van der Waals surface area contributed by atoms with Crippen LogP contribution in [0.15, 0.2) is 36.4 Å². The van der Waals surface area contributed by atoms with Gasteiger partial charge in [0.1, 0.15) is 6.61 Å². The lowest BCUT2D eigenvalue weighted by Gasteiger charge is -2.45. The minimum Gasteiger partial charge on any atom is -0.493 e. The fourth-order valence-corrected chi connectivity index (χ4v) is 4.50. The molecule has 2 bridgehead atoms. The molecule has 3 heterocycles. The Bertz CT molecular complexity index is 822. The summed E-state index contributed by atoms with van der Waals surface area (Å²) in [7, 11) is 1.67. The van der Waals surface area contributed by atoms with Gasteiger partial charge in [0, 0.05) is 19.1 Å².